The maximum atomic E-state index is 12.9. The molecular weight excluding hydrogens is 428 g/mol. The zero-order valence-corrected chi connectivity index (χ0v) is 19.2. The zero-order chi connectivity index (χ0) is 22.8. The van der Waals surface area contributed by atoms with Crippen LogP contribution in [0.15, 0.2) is 42.5 Å². The second kappa shape index (κ2) is 8.92. The van der Waals surface area contributed by atoms with Crippen LogP contribution in [0, 0.1) is 6.92 Å². The van der Waals surface area contributed by atoms with Crippen molar-refractivity contribution in [2.24, 2.45) is 0 Å². The first-order valence-electron chi connectivity index (χ1n) is 10.0. The molecule has 0 atom stereocenters. The minimum absolute atomic E-state index is 0.217. The molecule has 1 aromatic heterocycles. The summed E-state index contributed by atoms with van der Waals surface area (Å²) in [5, 5.41) is 3.38. The average molecular weight is 453 g/mol. The lowest BCUT2D eigenvalue weighted by molar-refractivity contribution is 0.0601. The van der Waals surface area contributed by atoms with E-state index in [0.717, 1.165) is 27.4 Å². The summed E-state index contributed by atoms with van der Waals surface area (Å²) < 4.78 is 15.8. The van der Waals surface area contributed by atoms with Crippen molar-refractivity contribution >= 4 is 33.9 Å². The molecule has 0 unspecified atom stereocenters. The fourth-order valence-corrected chi connectivity index (χ4v) is 4.71. The molecule has 1 aliphatic heterocycles. The van der Waals surface area contributed by atoms with E-state index in [1.165, 1.54) is 18.4 Å². The molecule has 0 bridgehead atoms. The number of carbonyl (C=O) groups is 2. The van der Waals surface area contributed by atoms with Gasteiger partial charge in [-0.15, -0.1) is 11.3 Å². The minimum atomic E-state index is -0.478. The van der Waals surface area contributed by atoms with E-state index in [4.69, 9.17) is 14.2 Å². The number of carbonyl (C=O) groups excluding carboxylic acids is 2. The highest BCUT2D eigenvalue weighted by atomic mass is 32.1. The summed E-state index contributed by atoms with van der Waals surface area (Å²) in [6.45, 7) is 2.08. The largest absolute Gasteiger partial charge is 0.465 e. The fourth-order valence-electron chi connectivity index (χ4n) is 3.49. The highest BCUT2D eigenvalue weighted by Gasteiger charge is 2.24. The second-order valence-corrected chi connectivity index (χ2v) is 8.71. The molecule has 0 spiro atoms. The van der Waals surface area contributed by atoms with E-state index in [1.54, 1.807) is 12.1 Å². The number of benzene rings is 2. The van der Waals surface area contributed by atoms with E-state index in [1.807, 2.05) is 56.3 Å². The molecular formula is C24H24N2O5S. The van der Waals surface area contributed by atoms with Crippen LogP contribution in [0.2, 0.25) is 0 Å². The molecule has 4 rings (SSSR count). The number of nitrogens with one attached hydrogen (secondary N) is 1. The van der Waals surface area contributed by atoms with Crippen molar-refractivity contribution in [2.45, 2.75) is 13.3 Å². The third-order valence-corrected chi connectivity index (χ3v) is 6.52. The highest BCUT2D eigenvalue weighted by molar-refractivity contribution is 7.17. The quantitative estimate of drug-likeness (QED) is 0.556. The lowest BCUT2D eigenvalue weighted by Crippen LogP contribution is -2.15. The predicted octanol–water partition coefficient (Wildman–Crippen LogP) is 4.48. The maximum Gasteiger partial charge on any atom is 0.341 e. The molecule has 0 saturated heterocycles. The van der Waals surface area contributed by atoms with Gasteiger partial charge < -0.3 is 24.4 Å². The molecule has 1 amide bonds. The number of methoxy groups -OCH3 is 1. The third kappa shape index (κ3) is 4.27. The number of anilines is 2. The molecule has 1 aliphatic rings. The number of hydrogen-bond donors (Lipinski definition) is 1. The summed E-state index contributed by atoms with van der Waals surface area (Å²) in [5.74, 6) is 0.671. The Labute approximate surface area is 190 Å². The molecule has 0 fully saturated rings. The van der Waals surface area contributed by atoms with Crippen LogP contribution in [0.5, 0.6) is 11.5 Å². The molecule has 2 aromatic carbocycles. The summed E-state index contributed by atoms with van der Waals surface area (Å²) in [4.78, 5) is 28.3. The lowest BCUT2D eigenvalue weighted by Gasteiger charge is -2.12. The van der Waals surface area contributed by atoms with Gasteiger partial charge in [0.15, 0.2) is 11.5 Å². The van der Waals surface area contributed by atoms with E-state index < -0.39 is 5.97 Å². The monoisotopic (exact) mass is 452 g/mol. The first-order valence-corrected chi connectivity index (χ1v) is 10.9. The Bertz CT molecular complexity index is 1170. The van der Waals surface area contributed by atoms with Crippen LogP contribution in [-0.2, 0) is 11.2 Å². The van der Waals surface area contributed by atoms with Crippen molar-refractivity contribution in [3.63, 3.8) is 0 Å². The Morgan fingerprint density at radius 1 is 1.09 bits per heavy atom. The normalized spacial score (nSPS) is 11.9. The summed E-state index contributed by atoms with van der Waals surface area (Å²) in [6, 6.07) is 13.1. The first kappa shape index (κ1) is 21.7. The number of amides is 1. The molecule has 32 heavy (non-hydrogen) atoms. The van der Waals surface area contributed by atoms with Crippen molar-refractivity contribution in [3.8, 4) is 11.5 Å². The van der Waals surface area contributed by atoms with Crippen molar-refractivity contribution in [1.82, 2.24) is 0 Å². The average Bonchev–Trinajstić information content (AvgIpc) is 3.37. The fraction of sp³-hybridized carbons (Fsp3) is 0.250. The van der Waals surface area contributed by atoms with Crippen molar-refractivity contribution in [1.29, 1.82) is 0 Å². The van der Waals surface area contributed by atoms with Gasteiger partial charge in [-0.05, 0) is 54.4 Å². The van der Waals surface area contributed by atoms with Gasteiger partial charge in [-0.2, -0.15) is 0 Å². The van der Waals surface area contributed by atoms with Crippen molar-refractivity contribution < 1.29 is 23.8 Å². The molecule has 1 N–H and O–H groups in total. The number of rotatable bonds is 6. The van der Waals surface area contributed by atoms with Crippen LogP contribution in [0.3, 0.4) is 0 Å². The Morgan fingerprint density at radius 3 is 2.50 bits per heavy atom. The molecule has 0 radical (unpaired) electrons. The van der Waals surface area contributed by atoms with Crippen LogP contribution in [0.1, 0.15) is 36.7 Å². The molecule has 0 saturated carbocycles. The van der Waals surface area contributed by atoms with Gasteiger partial charge in [0.05, 0.1) is 12.7 Å². The summed E-state index contributed by atoms with van der Waals surface area (Å²) in [6.07, 6.45) is 0.588. The first-order chi connectivity index (χ1) is 15.4. The van der Waals surface area contributed by atoms with Crippen LogP contribution < -0.4 is 19.7 Å². The number of nitrogens with zero attached hydrogens (tertiary/aromatic N) is 1. The Morgan fingerprint density at radius 2 is 1.81 bits per heavy atom. The van der Waals surface area contributed by atoms with Gasteiger partial charge >= 0.3 is 5.97 Å². The van der Waals surface area contributed by atoms with Crippen LogP contribution >= 0.6 is 11.3 Å². The van der Waals surface area contributed by atoms with Crippen molar-refractivity contribution in [2.75, 3.05) is 38.2 Å². The number of hydrogen-bond acceptors (Lipinski definition) is 7. The molecule has 7 nitrogen and oxygen atoms in total. The van der Waals surface area contributed by atoms with Gasteiger partial charge in [-0.1, -0.05) is 6.07 Å². The summed E-state index contributed by atoms with van der Waals surface area (Å²) in [5.41, 5.74) is 3.70. The molecule has 0 aliphatic carbocycles. The van der Waals surface area contributed by atoms with E-state index in [9.17, 15) is 9.59 Å². The topological polar surface area (TPSA) is 77.1 Å². The summed E-state index contributed by atoms with van der Waals surface area (Å²) >= 11 is 1.38. The van der Waals surface area contributed by atoms with Gasteiger partial charge in [-0.25, -0.2) is 4.79 Å². The van der Waals surface area contributed by atoms with Gasteiger partial charge in [0.2, 0.25) is 6.79 Å². The number of thiophene rings is 1. The smallest absolute Gasteiger partial charge is 0.341 e. The van der Waals surface area contributed by atoms with Crippen LogP contribution in [0.25, 0.3) is 0 Å². The molecule has 8 heteroatoms. The van der Waals surface area contributed by atoms with Gasteiger partial charge in [0.25, 0.3) is 5.91 Å². The number of esters is 1. The third-order valence-electron chi connectivity index (χ3n) is 5.31. The minimum Gasteiger partial charge on any atom is -0.465 e. The summed E-state index contributed by atoms with van der Waals surface area (Å²) in [7, 11) is 5.21. The Kier molecular flexibility index (Phi) is 6.05. The van der Waals surface area contributed by atoms with E-state index >= 15 is 0 Å². The van der Waals surface area contributed by atoms with Crippen LogP contribution in [-0.4, -0.2) is 39.9 Å². The van der Waals surface area contributed by atoms with Crippen molar-refractivity contribution in [3.05, 3.63) is 69.6 Å². The van der Waals surface area contributed by atoms with E-state index in [0.29, 0.717) is 28.3 Å². The SMILES string of the molecule is COC(=O)c1c(NC(=O)c2ccc(N(C)C)cc2)sc(Cc2ccc3c(c2)OCO3)c1C. The van der Waals surface area contributed by atoms with E-state index in [2.05, 4.69) is 5.32 Å². The van der Waals surface area contributed by atoms with Gasteiger partial charge in [-0.3, -0.25) is 4.79 Å². The highest BCUT2D eigenvalue weighted by Crippen LogP contribution is 2.38. The molecule has 166 valence electrons. The standard InChI is InChI=1S/C24H24N2O5S/c1-14-20(12-15-5-10-18-19(11-15)31-13-30-18)32-23(21(14)24(28)29-4)25-22(27)16-6-8-17(9-7-16)26(2)3/h5-11H,12-13H2,1-4H3,(H,25,27). The molecule has 3 aromatic rings. The Hall–Kier alpha value is -3.52. The Balaban J connectivity index is 1.61. The molecule has 2 heterocycles. The lowest BCUT2D eigenvalue weighted by atomic mass is 10.1. The second-order valence-electron chi connectivity index (χ2n) is 7.61. The van der Waals surface area contributed by atoms with Crippen LogP contribution in [0.4, 0.5) is 10.7 Å². The number of fused-ring (bicyclic) bond motifs is 1. The predicted molar refractivity (Wildman–Crippen MR) is 124 cm³/mol. The van der Waals surface area contributed by atoms with Gasteiger partial charge in [0, 0.05) is 36.6 Å². The number of ether oxygens (including phenoxy) is 3. The zero-order valence-electron chi connectivity index (χ0n) is 18.4. The maximum absolute atomic E-state index is 12.9. The van der Waals surface area contributed by atoms with Gasteiger partial charge in [0.1, 0.15) is 5.00 Å². The van der Waals surface area contributed by atoms with E-state index in [-0.39, 0.29) is 12.7 Å².